The predicted molar refractivity (Wildman–Crippen MR) is 66.3 cm³/mol. The third kappa shape index (κ3) is 2.79. The maximum Gasteiger partial charge on any atom is 0.320 e. The van der Waals surface area contributed by atoms with Crippen LogP contribution in [0.4, 0.5) is 0 Å². The van der Waals surface area contributed by atoms with Crippen LogP contribution in [0.25, 0.3) is 0 Å². The minimum atomic E-state index is -0.790. The number of carboxylic acid groups (broad SMARTS) is 1. The number of piperidine rings is 1. The van der Waals surface area contributed by atoms with Gasteiger partial charge < -0.3 is 10.2 Å². The summed E-state index contributed by atoms with van der Waals surface area (Å²) >= 11 is 0. The zero-order chi connectivity index (χ0) is 13.1. The van der Waals surface area contributed by atoms with Crippen LogP contribution in [0.15, 0.2) is 12.1 Å². The molecule has 1 fully saturated rings. The Hall–Kier alpha value is -1.62. The van der Waals surface area contributed by atoms with Gasteiger partial charge in [0.2, 0.25) is 0 Å². The second kappa shape index (κ2) is 5.35. The molecule has 1 unspecified atom stereocenters. The monoisotopic (exact) mass is 250 g/mol. The lowest BCUT2D eigenvalue weighted by Gasteiger charge is -2.32. The van der Waals surface area contributed by atoms with E-state index < -0.39 is 12.0 Å². The van der Waals surface area contributed by atoms with Crippen molar-refractivity contribution in [2.24, 2.45) is 0 Å². The molecule has 98 valence electrons. The average molecular weight is 250 g/mol. The summed E-state index contributed by atoms with van der Waals surface area (Å²) in [5, 5.41) is 18.9. The second-order valence-corrected chi connectivity index (χ2v) is 4.74. The molecule has 1 atom stereocenters. The maximum atomic E-state index is 11.2. The van der Waals surface area contributed by atoms with Gasteiger partial charge in [-0.15, -0.1) is 0 Å². The summed E-state index contributed by atoms with van der Waals surface area (Å²) in [5.41, 5.74) is 1.38. The van der Waals surface area contributed by atoms with Crippen LogP contribution in [0.2, 0.25) is 0 Å². The van der Waals surface area contributed by atoms with E-state index in [0.29, 0.717) is 18.7 Å². The van der Waals surface area contributed by atoms with Crippen LogP contribution >= 0.6 is 0 Å². The van der Waals surface area contributed by atoms with Crippen molar-refractivity contribution in [3.63, 3.8) is 0 Å². The van der Waals surface area contributed by atoms with E-state index in [1.807, 2.05) is 11.8 Å². The van der Waals surface area contributed by atoms with Crippen LogP contribution in [0.5, 0.6) is 5.75 Å². The number of aromatic nitrogens is 1. The Kier molecular flexibility index (Phi) is 3.81. The Bertz CT molecular complexity index is 448. The van der Waals surface area contributed by atoms with E-state index in [9.17, 15) is 15.0 Å². The number of aromatic hydroxyl groups is 1. The first-order chi connectivity index (χ1) is 8.58. The van der Waals surface area contributed by atoms with E-state index in [1.54, 1.807) is 12.1 Å². The number of carboxylic acids is 1. The van der Waals surface area contributed by atoms with Crippen LogP contribution in [-0.4, -0.2) is 38.7 Å². The number of hydrogen-bond donors (Lipinski definition) is 2. The number of aliphatic carboxylic acids is 1. The Balaban J connectivity index is 2.15. The van der Waals surface area contributed by atoms with E-state index in [0.717, 1.165) is 25.1 Å². The van der Waals surface area contributed by atoms with E-state index in [2.05, 4.69) is 4.98 Å². The quantitative estimate of drug-likeness (QED) is 0.851. The van der Waals surface area contributed by atoms with Gasteiger partial charge in [-0.3, -0.25) is 14.7 Å². The average Bonchev–Trinajstić information content (AvgIpc) is 2.34. The van der Waals surface area contributed by atoms with Crippen LogP contribution in [0.3, 0.4) is 0 Å². The fraction of sp³-hybridized carbons (Fsp3) is 0.538. The number of likely N-dealkylation sites (tertiary alicyclic amines) is 1. The van der Waals surface area contributed by atoms with Crippen molar-refractivity contribution in [2.45, 2.75) is 38.8 Å². The molecule has 0 saturated carbocycles. The molecule has 1 aromatic heterocycles. The number of pyridine rings is 1. The number of carbonyl (C=O) groups is 1. The lowest BCUT2D eigenvalue weighted by Crippen LogP contribution is -2.44. The molecule has 2 rings (SSSR count). The molecule has 1 aromatic rings. The minimum absolute atomic E-state index is 0.135. The molecule has 0 spiro atoms. The Morgan fingerprint density at radius 3 is 3.00 bits per heavy atom. The first-order valence-electron chi connectivity index (χ1n) is 6.20. The van der Waals surface area contributed by atoms with Crippen molar-refractivity contribution in [3.05, 3.63) is 23.5 Å². The molecule has 0 aromatic carbocycles. The maximum absolute atomic E-state index is 11.2. The van der Waals surface area contributed by atoms with Crippen LogP contribution in [-0.2, 0) is 11.3 Å². The molecule has 5 nitrogen and oxygen atoms in total. The summed E-state index contributed by atoms with van der Waals surface area (Å²) in [7, 11) is 0. The SMILES string of the molecule is Cc1ccc(O)c(CN2CCCCC2C(=O)O)n1. The standard InChI is InChI=1S/C13H18N2O3/c1-9-5-6-12(16)10(14-9)8-15-7-3-2-4-11(15)13(17)18/h5-6,11,16H,2-4,7-8H2,1H3,(H,17,18). The molecule has 0 amide bonds. The zero-order valence-electron chi connectivity index (χ0n) is 10.5. The highest BCUT2D eigenvalue weighted by Gasteiger charge is 2.29. The van der Waals surface area contributed by atoms with E-state index >= 15 is 0 Å². The summed E-state index contributed by atoms with van der Waals surface area (Å²) < 4.78 is 0. The molecule has 1 aliphatic heterocycles. The zero-order valence-corrected chi connectivity index (χ0v) is 10.5. The first-order valence-corrected chi connectivity index (χ1v) is 6.20. The van der Waals surface area contributed by atoms with Crippen LogP contribution < -0.4 is 0 Å². The Morgan fingerprint density at radius 1 is 1.50 bits per heavy atom. The highest BCUT2D eigenvalue weighted by Crippen LogP contribution is 2.23. The van der Waals surface area contributed by atoms with Gasteiger partial charge in [0, 0.05) is 12.2 Å². The molecule has 0 radical (unpaired) electrons. The molecule has 5 heteroatoms. The lowest BCUT2D eigenvalue weighted by molar-refractivity contribution is -0.144. The minimum Gasteiger partial charge on any atom is -0.506 e. The van der Waals surface area contributed by atoms with Crippen molar-refractivity contribution in [1.29, 1.82) is 0 Å². The summed E-state index contributed by atoms with van der Waals surface area (Å²) in [6.45, 7) is 2.99. The van der Waals surface area contributed by atoms with E-state index in [4.69, 9.17) is 0 Å². The molecular weight excluding hydrogens is 232 g/mol. The highest BCUT2D eigenvalue weighted by atomic mass is 16.4. The van der Waals surface area contributed by atoms with Crippen molar-refractivity contribution in [3.8, 4) is 5.75 Å². The predicted octanol–water partition coefficient (Wildman–Crippen LogP) is 1.53. The van der Waals surface area contributed by atoms with Crippen molar-refractivity contribution in [1.82, 2.24) is 9.88 Å². The molecule has 0 bridgehead atoms. The van der Waals surface area contributed by atoms with Gasteiger partial charge in [-0.05, 0) is 38.4 Å². The van der Waals surface area contributed by atoms with Crippen molar-refractivity contribution in [2.75, 3.05) is 6.54 Å². The molecular formula is C13H18N2O3. The van der Waals surface area contributed by atoms with Crippen molar-refractivity contribution >= 4 is 5.97 Å². The van der Waals surface area contributed by atoms with Gasteiger partial charge in [0.15, 0.2) is 0 Å². The second-order valence-electron chi connectivity index (χ2n) is 4.74. The van der Waals surface area contributed by atoms with Gasteiger partial charge >= 0.3 is 5.97 Å². The molecule has 2 heterocycles. The van der Waals surface area contributed by atoms with Gasteiger partial charge in [-0.2, -0.15) is 0 Å². The van der Waals surface area contributed by atoms with Gasteiger partial charge in [-0.25, -0.2) is 0 Å². The number of aryl methyl sites for hydroxylation is 1. The van der Waals surface area contributed by atoms with Gasteiger partial charge in [0.1, 0.15) is 11.8 Å². The smallest absolute Gasteiger partial charge is 0.320 e. The number of nitrogens with zero attached hydrogens (tertiary/aromatic N) is 2. The van der Waals surface area contributed by atoms with Gasteiger partial charge in [0.25, 0.3) is 0 Å². The Labute approximate surface area is 106 Å². The first kappa shape index (κ1) is 12.8. The normalized spacial score (nSPS) is 20.8. The van der Waals surface area contributed by atoms with Gasteiger partial charge in [0.05, 0.1) is 5.69 Å². The van der Waals surface area contributed by atoms with Crippen LogP contribution in [0.1, 0.15) is 30.7 Å². The summed E-state index contributed by atoms with van der Waals surface area (Å²) in [6, 6.07) is 2.89. The summed E-state index contributed by atoms with van der Waals surface area (Å²) in [6.07, 6.45) is 2.61. The molecule has 1 saturated heterocycles. The largest absolute Gasteiger partial charge is 0.506 e. The van der Waals surface area contributed by atoms with Crippen molar-refractivity contribution < 1.29 is 15.0 Å². The van der Waals surface area contributed by atoms with E-state index in [1.165, 1.54) is 0 Å². The third-order valence-corrected chi connectivity index (χ3v) is 3.34. The lowest BCUT2D eigenvalue weighted by atomic mass is 10.0. The summed E-state index contributed by atoms with van der Waals surface area (Å²) in [5.74, 6) is -0.655. The number of rotatable bonds is 3. The Morgan fingerprint density at radius 2 is 2.28 bits per heavy atom. The fourth-order valence-electron chi connectivity index (χ4n) is 2.37. The van der Waals surface area contributed by atoms with Gasteiger partial charge in [-0.1, -0.05) is 6.42 Å². The fourth-order valence-corrected chi connectivity index (χ4v) is 2.37. The molecule has 0 aliphatic carbocycles. The number of hydrogen-bond acceptors (Lipinski definition) is 4. The van der Waals surface area contributed by atoms with E-state index in [-0.39, 0.29) is 5.75 Å². The highest BCUT2D eigenvalue weighted by molar-refractivity contribution is 5.73. The topological polar surface area (TPSA) is 73.7 Å². The summed E-state index contributed by atoms with van der Waals surface area (Å²) in [4.78, 5) is 17.3. The molecule has 1 aliphatic rings. The third-order valence-electron chi connectivity index (χ3n) is 3.34. The molecule has 18 heavy (non-hydrogen) atoms. The molecule has 2 N–H and O–H groups in total. The van der Waals surface area contributed by atoms with Crippen LogP contribution in [0, 0.1) is 6.92 Å².